The molecule has 3 amide bonds. The van der Waals surface area contributed by atoms with E-state index in [1.807, 2.05) is 23.2 Å². The van der Waals surface area contributed by atoms with Gasteiger partial charge in [-0.05, 0) is 68.6 Å². The van der Waals surface area contributed by atoms with E-state index in [0.29, 0.717) is 60.1 Å². The van der Waals surface area contributed by atoms with Crippen LogP contribution in [0.3, 0.4) is 0 Å². The van der Waals surface area contributed by atoms with Crippen LogP contribution in [0.4, 0.5) is 4.79 Å². The highest BCUT2D eigenvalue weighted by molar-refractivity contribution is 14.1. The summed E-state index contributed by atoms with van der Waals surface area (Å²) in [5, 5.41) is 3.94. The number of carbonyl (C=O) groups excluding carboxylic acids is 2. The zero-order valence-electron chi connectivity index (χ0n) is 26.1. The first kappa shape index (κ1) is 35.9. The minimum atomic E-state index is -0.819. The van der Waals surface area contributed by atoms with Gasteiger partial charge >= 0.3 is 6.03 Å². The minimum absolute atomic E-state index is 0.151. The predicted octanol–water partition coefficient (Wildman–Crippen LogP) is 5.25. The number of nitrogens with one attached hydrogen (secondary N) is 1. The lowest BCUT2D eigenvalue weighted by Gasteiger charge is -2.35. The maximum absolute atomic E-state index is 14.0. The highest BCUT2D eigenvalue weighted by Crippen LogP contribution is 2.33. The van der Waals surface area contributed by atoms with Gasteiger partial charge in [-0.1, -0.05) is 51.9 Å². The Morgan fingerprint density at radius 2 is 1.76 bits per heavy atom. The minimum Gasteiger partial charge on any atom is -0.489 e. The van der Waals surface area contributed by atoms with Crippen LogP contribution < -0.4 is 10.1 Å². The van der Waals surface area contributed by atoms with Crippen LogP contribution in [0.2, 0.25) is 10.0 Å². The second kappa shape index (κ2) is 18.4. The number of aromatic nitrogens is 1. The monoisotopic (exact) mass is 775 g/mol. The number of hydrogen-bond acceptors (Lipinski definition) is 7. The smallest absolute Gasteiger partial charge is 0.318 e. The molecule has 2 saturated heterocycles. The summed E-state index contributed by atoms with van der Waals surface area (Å²) in [4.78, 5) is 38.0. The molecule has 0 radical (unpaired) electrons. The van der Waals surface area contributed by atoms with Crippen LogP contribution in [0.5, 0.6) is 5.75 Å². The van der Waals surface area contributed by atoms with E-state index in [1.54, 1.807) is 37.3 Å². The summed E-state index contributed by atoms with van der Waals surface area (Å²) in [6.07, 6.45) is 6.01. The number of benzene rings is 1. The summed E-state index contributed by atoms with van der Waals surface area (Å²) in [6.45, 7) is 5.39. The van der Waals surface area contributed by atoms with Crippen LogP contribution in [-0.4, -0.2) is 115 Å². The van der Waals surface area contributed by atoms with Gasteiger partial charge in [0.15, 0.2) is 0 Å². The molecule has 1 aromatic heterocycles. The van der Waals surface area contributed by atoms with Crippen molar-refractivity contribution in [3.63, 3.8) is 0 Å². The van der Waals surface area contributed by atoms with E-state index in [4.69, 9.17) is 42.4 Å². The molecule has 3 heterocycles. The van der Waals surface area contributed by atoms with Gasteiger partial charge < -0.3 is 29.3 Å². The molecule has 248 valence electrons. The quantitative estimate of drug-likeness (QED) is 0.150. The molecule has 2 fully saturated rings. The zero-order chi connectivity index (χ0) is 32.2. The second-order valence-electron chi connectivity index (χ2n) is 11.4. The fourth-order valence-corrected chi connectivity index (χ4v) is 7.00. The molecule has 2 atom stereocenters. The van der Waals surface area contributed by atoms with Crippen LogP contribution in [0.25, 0.3) is 0 Å². The van der Waals surface area contributed by atoms with Gasteiger partial charge in [-0.15, -0.1) is 0 Å². The number of hydrogen-bond donors (Lipinski definition) is 1. The van der Waals surface area contributed by atoms with Crippen molar-refractivity contribution in [1.82, 2.24) is 25.0 Å². The number of piperidine rings is 1. The molecule has 2 aliphatic heterocycles. The van der Waals surface area contributed by atoms with Crippen molar-refractivity contribution < 1.29 is 23.8 Å². The lowest BCUT2D eigenvalue weighted by atomic mass is 9.91. The lowest BCUT2D eigenvalue weighted by molar-refractivity contribution is -0.134. The van der Waals surface area contributed by atoms with Crippen molar-refractivity contribution in [3.8, 4) is 5.75 Å². The maximum atomic E-state index is 14.0. The number of carbonyl (C=O) groups is 2. The van der Waals surface area contributed by atoms with Crippen LogP contribution in [0.15, 0.2) is 36.5 Å². The van der Waals surface area contributed by atoms with Crippen molar-refractivity contribution in [2.75, 3.05) is 73.3 Å². The average Bonchev–Trinajstić information content (AvgIpc) is 3.60. The van der Waals surface area contributed by atoms with Gasteiger partial charge in [-0.2, -0.15) is 0 Å². The van der Waals surface area contributed by atoms with Gasteiger partial charge in [0.2, 0.25) is 5.91 Å². The van der Waals surface area contributed by atoms with Crippen molar-refractivity contribution in [1.29, 1.82) is 0 Å². The molecule has 0 unspecified atom stereocenters. The largest absolute Gasteiger partial charge is 0.489 e. The summed E-state index contributed by atoms with van der Waals surface area (Å²) in [7, 11) is 3.17. The normalized spacial score (nSPS) is 17.2. The predicted molar refractivity (Wildman–Crippen MR) is 185 cm³/mol. The number of alkyl halides is 1. The van der Waals surface area contributed by atoms with Crippen molar-refractivity contribution >= 4 is 57.7 Å². The number of methoxy groups -OCH3 is 2. The third-order valence-electron chi connectivity index (χ3n) is 8.36. The number of rotatable bonds is 15. The van der Waals surface area contributed by atoms with Gasteiger partial charge in [0.05, 0.1) is 23.0 Å². The number of likely N-dealkylation sites (tertiary alicyclic amines) is 2. The fourth-order valence-electron chi connectivity index (χ4n) is 5.78. The molecule has 0 spiro atoms. The number of nitrogens with zero attached hydrogens (tertiary/aromatic N) is 4. The molecule has 4 rings (SSSR count). The molecule has 1 N–H and O–H groups in total. The Morgan fingerprint density at radius 3 is 2.40 bits per heavy atom. The molecule has 0 saturated carbocycles. The maximum Gasteiger partial charge on any atom is 0.318 e. The summed E-state index contributed by atoms with van der Waals surface area (Å²) in [5.41, 5.74) is 1.67. The molecule has 10 nitrogen and oxygen atoms in total. The SMILES string of the molecule is COCCN(CCOC)C(=O)N[C@H](Cc1ccc(Cl)cc1Cl)C(=O)N1CCC(c2ncccc2OC[C@@H](I)N2CCCC2)CC1. The number of amides is 3. The highest BCUT2D eigenvalue weighted by atomic mass is 127. The van der Waals surface area contributed by atoms with Gasteiger partial charge in [0.1, 0.15) is 18.4 Å². The molecule has 0 bridgehead atoms. The number of urea groups is 1. The Balaban J connectivity index is 1.43. The third kappa shape index (κ3) is 10.6. The molecule has 45 heavy (non-hydrogen) atoms. The summed E-state index contributed by atoms with van der Waals surface area (Å²) in [6, 6.07) is 7.90. The first-order valence-corrected chi connectivity index (χ1v) is 17.5. The second-order valence-corrected chi connectivity index (χ2v) is 13.7. The number of ether oxygens (including phenoxy) is 3. The Kier molecular flexibility index (Phi) is 14.7. The Morgan fingerprint density at radius 1 is 1.07 bits per heavy atom. The van der Waals surface area contributed by atoms with Gasteiger partial charge in [-0.25, -0.2) is 4.79 Å². The van der Waals surface area contributed by atoms with Crippen LogP contribution in [0.1, 0.15) is 42.9 Å². The Hall–Kier alpha value is -1.90. The summed E-state index contributed by atoms with van der Waals surface area (Å²) in [5.74, 6) is 0.835. The van der Waals surface area contributed by atoms with E-state index in [-0.39, 0.29) is 24.3 Å². The van der Waals surface area contributed by atoms with E-state index < -0.39 is 6.04 Å². The molecule has 1 aromatic carbocycles. The third-order valence-corrected chi connectivity index (χ3v) is 10.1. The zero-order valence-corrected chi connectivity index (χ0v) is 29.7. The first-order valence-electron chi connectivity index (χ1n) is 15.5. The molecule has 2 aliphatic rings. The molecular weight excluding hydrogens is 732 g/mol. The van der Waals surface area contributed by atoms with Gasteiger partial charge in [-0.3, -0.25) is 14.7 Å². The number of halogens is 3. The average molecular weight is 777 g/mol. The van der Waals surface area contributed by atoms with E-state index in [2.05, 4.69) is 32.8 Å². The Labute approximate surface area is 290 Å². The molecular formula is C32H44Cl2IN5O5. The van der Waals surface area contributed by atoms with Crippen LogP contribution in [-0.2, 0) is 20.7 Å². The molecule has 13 heteroatoms. The van der Waals surface area contributed by atoms with Gasteiger partial charge in [0.25, 0.3) is 0 Å². The summed E-state index contributed by atoms with van der Waals surface area (Å²) >= 11 is 15.1. The standard InChI is InChI=1S/C32H44Cl2IN5O5/c1-43-18-16-40(17-19-44-2)32(42)37-27(20-24-7-8-25(33)21-26(24)34)31(41)39-14-9-23(10-15-39)30-28(6-5-11-36-30)45-22-29(35)38-12-3-4-13-38/h5-8,11,21,23,27,29H,3-4,9-10,12-20,22H2,1-2H3,(H,37,42)/t27-,29+/m1/s1. The topological polar surface area (TPSA) is 96.5 Å². The van der Waals surface area contributed by atoms with E-state index >= 15 is 0 Å². The number of pyridine rings is 1. The summed E-state index contributed by atoms with van der Waals surface area (Å²) < 4.78 is 17.0. The molecule has 2 aromatic rings. The molecule has 0 aliphatic carbocycles. The van der Waals surface area contributed by atoms with Crippen molar-refractivity contribution in [2.45, 2.75) is 48.1 Å². The van der Waals surface area contributed by atoms with E-state index in [0.717, 1.165) is 42.9 Å². The van der Waals surface area contributed by atoms with Crippen molar-refractivity contribution in [3.05, 3.63) is 57.8 Å². The first-order chi connectivity index (χ1) is 21.8. The lowest BCUT2D eigenvalue weighted by Crippen LogP contribution is -2.55. The van der Waals surface area contributed by atoms with Crippen LogP contribution >= 0.6 is 45.8 Å². The highest BCUT2D eigenvalue weighted by Gasteiger charge is 2.33. The van der Waals surface area contributed by atoms with E-state index in [9.17, 15) is 9.59 Å². The van der Waals surface area contributed by atoms with E-state index in [1.165, 1.54) is 12.8 Å². The Bertz CT molecular complexity index is 1240. The fraction of sp³-hybridized carbons (Fsp3) is 0.594. The van der Waals surface area contributed by atoms with Crippen molar-refractivity contribution in [2.24, 2.45) is 0 Å². The van der Waals surface area contributed by atoms with Gasteiger partial charge in [0, 0.05) is 69.0 Å². The van der Waals surface area contributed by atoms with Crippen LogP contribution in [0, 0.1) is 0 Å².